The van der Waals surface area contributed by atoms with Crippen LogP contribution in [0.2, 0.25) is 0 Å². The zero-order valence-corrected chi connectivity index (χ0v) is 8.53. The zero-order chi connectivity index (χ0) is 9.23. The molecule has 0 atom stereocenters. The van der Waals surface area contributed by atoms with Crippen molar-refractivity contribution >= 4 is 29.2 Å². The lowest BCUT2D eigenvalue weighted by Gasteiger charge is -2.01. The number of rotatable bonds is 7. The number of halogens is 2. The number of alkyl halides is 2. The fourth-order valence-corrected chi connectivity index (χ4v) is 1.03. The molecule has 0 radical (unpaired) electrons. The molecule has 0 N–H and O–H groups in total. The summed E-state index contributed by atoms with van der Waals surface area (Å²) in [6, 6.07) is 0. The maximum Gasteiger partial charge on any atom is 0.305 e. The molecule has 0 aliphatic rings. The summed E-state index contributed by atoms with van der Waals surface area (Å²) in [5, 5.41) is 0. The topological polar surface area (TPSA) is 26.3 Å². The molecule has 0 aromatic rings. The summed E-state index contributed by atoms with van der Waals surface area (Å²) in [7, 11) is 0. The van der Waals surface area contributed by atoms with Gasteiger partial charge in [-0.2, -0.15) is 0 Å². The molecule has 0 unspecified atom stereocenters. The average molecular weight is 213 g/mol. The van der Waals surface area contributed by atoms with Crippen molar-refractivity contribution in [2.45, 2.75) is 25.7 Å². The molecule has 12 heavy (non-hydrogen) atoms. The SMILES string of the molecule is O=C(CCCCCCl)OCCCl. The Kier molecular flexibility index (Phi) is 9.18. The number of hydrogen-bond acceptors (Lipinski definition) is 2. The number of hydrogen-bond donors (Lipinski definition) is 0. The average Bonchev–Trinajstić information content (AvgIpc) is 2.09. The van der Waals surface area contributed by atoms with E-state index >= 15 is 0 Å². The van der Waals surface area contributed by atoms with Crippen molar-refractivity contribution in [3.05, 3.63) is 0 Å². The summed E-state index contributed by atoms with van der Waals surface area (Å²) in [6.45, 7) is 0.315. The molecule has 0 aromatic carbocycles. The van der Waals surface area contributed by atoms with Crippen molar-refractivity contribution in [3.63, 3.8) is 0 Å². The van der Waals surface area contributed by atoms with E-state index < -0.39 is 0 Å². The highest BCUT2D eigenvalue weighted by Gasteiger charge is 2.00. The van der Waals surface area contributed by atoms with Crippen LogP contribution in [0, 0.1) is 0 Å². The number of ether oxygens (including phenoxy) is 1. The molecule has 0 spiro atoms. The zero-order valence-electron chi connectivity index (χ0n) is 7.02. The maximum atomic E-state index is 10.9. The van der Waals surface area contributed by atoms with Crippen LogP contribution >= 0.6 is 23.2 Å². The molecule has 0 aromatic heterocycles. The van der Waals surface area contributed by atoms with Crippen molar-refractivity contribution in [2.24, 2.45) is 0 Å². The van der Waals surface area contributed by atoms with E-state index in [9.17, 15) is 4.79 Å². The Balaban J connectivity index is 3.08. The van der Waals surface area contributed by atoms with E-state index in [2.05, 4.69) is 0 Å². The van der Waals surface area contributed by atoms with Crippen molar-refractivity contribution in [1.82, 2.24) is 0 Å². The van der Waals surface area contributed by atoms with Gasteiger partial charge in [0.15, 0.2) is 0 Å². The van der Waals surface area contributed by atoms with Gasteiger partial charge in [0.2, 0.25) is 0 Å². The summed E-state index contributed by atoms with van der Waals surface area (Å²) in [5.74, 6) is 0.870. The van der Waals surface area contributed by atoms with E-state index in [0.29, 0.717) is 24.8 Å². The van der Waals surface area contributed by atoms with Gasteiger partial charge in [0.1, 0.15) is 6.61 Å². The van der Waals surface area contributed by atoms with Gasteiger partial charge in [-0.25, -0.2) is 0 Å². The standard InChI is InChI=1S/C8H14Cl2O2/c9-5-3-1-2-4-8(11)12-7-6-10/h1-7H2. The van der Waals surface area contributed by atoms with E-state index in [1.54, 1.807) is 0 Å². The quantitative estimate of drug-likeness (QED) is 0.369. The van der Waals surface area contributed by atoms with Gasteiger partial charge >= 0.3 is 5.97 Å². The second kappa shape index (κ2) is 9.14. The van der Waals surface area contributed by atoms with E-state index in [4.69, 9.17) is 27.9 Å². The predicted octanol–water partition coefficient (Wildman–Crippen LogP) is 2.57. The highest BCUT2D eigenvalue weighted by molar-refractivity contribution is 6.18. The number of carbonyl (C=O) groups excluding carboxylic acids is 1. The molecular weight excluding hydrogens is 199 g/mol. The van der Waals surface area contributed by atoms with Crippen molar-refractivity contribution in [3.8, 4) is 0 Å². The molecule has 2 nitrogen and oxygen atoms in total. The number of esters is 1. The van der Waals surface area contributed by atoms with Crippen LogP contribution in [0.15, 0.2) is 0 Å². The van der Waals surface area contributed by atoms with Crippen molar-refractivity contribution < 1.29 is 9.53 Å². The van der Waals surface area contributed by atoms with Crippen LogP contribution in [-0.2, 0) is 9.53 Å². The summed E-state index contributed by atoms with van der Waals surface area (Å²) < 4.78 is 4.77. The van der Waals surface area contributed by atoms with Crippen LogP contribution in [0.1, 0.15) is 25.7 Å². The molecule has 0 aliphatic heterocycles. The minimum atomic E-state index is -0.162. The largest absolute Gasteiger partial charge is 0.464 e. The van der Waals surface area contributed by atoms with Crippen LogP contribution in [0.4, 0.5) is 0 Å². The molecule has 4 heteroatoms. The summed E-state index contributed by atoms with van der Waals surface area (Å²) in [4.78, 5) is 10.9. The first-order valence-electron chi connectivity index (χ1n) is 4.08. The molecule has 72 valence electrons. The Morgan fingerprint density at radius 2 is 1.83 bits per heavy atom. The third-order valence-electron chi connectivity index (χ3n) is 1.35. The normalized spacial score (nSPS) is 9.83. The molecule has 0 saturated heterocycles. The third-order valence-corrected chi connectivity index (χ3v) is 1.78. The van der Waals surface area contributed by atoms with Gasteiger partial charge in [-0.05, 0) is 12.8 Å². The fraction of sp³-hybridized carbons (Fsp3) is 0.875. The minimum Gasteiger partial charge on any atom is -0.464 e. The van der Waals surface area contributed by atoms with E-state index in [-0.39, 0.29) is 5.97 Å². The highest BCUT2D eigenvalue weighted by Crippen LogP contribution is 2.02. The lowest BCUT2D eigenvalue weighted by Crippen LogP contribution is -2.06. The summed E-state index contributed by atoms with van der Waals surface area (Å²) in [6.07, 6.45) is 3.28. The lowest BCUT2D eigenvalue weighted by molar-refractivity contribution is -0.143. The second-order valence-electron chi connectivity index (χ2n) is 2.41. The molecule has 0 heterocycles. The molecule has 0 saturated carbocycles. The van der Waals surface area contributed by atoms with Crippen LogP contribution in [-0.4, -0.2) is 24.3 Å². The molecule has 0 fully saturated rings. The Bertz CT molecular complexity index is 118. The Hall–Kier alpha value is 0.0500. The van der Waals surface area contributed by atoms with Gasteiger partial charge in [0.25, 0.3) is 0 Å². The van der Waals surface area contributed by atoms with Gasteiger partial charge in [0.05, 0.1) is 5.88 Å². The Labute approximate surface area is 83.2 Å². The summed E-state index contributed by atoms with van der Waals surface area (Å²) >= 11 is 10.8. The monoisotopic (exact) mass is 212 g/mol. The maximum absolute atomic E-state index is 10.9. The van der Waals surface area contributed by atoms with Crippen LogP contribution in [0.5, 0.6) is 0 Å². The first-order chi connectivity index (χ1) is 5.81. The van der Waals surface area contributed by atoms with Crippen LogP contribution < -0.4 is 0 Å². The summed E-state index contributed by atoms with van der Waals surface area (Å²) in [5.41, 5.74) is 0. The van der Waals surface area contributed by atoms with Gasteiger partial charge in [-0.1, -0.05) is 6.42 Å². The van der Waals surface area contributed by atoms with Crippen molar-refractivity contribution in [2.75, 3.05) is 18.4 Å². The molecule has 0 bridgehead atoms. The van der Waals surface area contributed by atoms with E-state index in [1.807, 2.05) is 0 Å². The lowest BCUT2D eigenvalue weighted by atomic mass is 10.2. The van der Waals surface area contributed by atoms with Gasteiger partial charge in [-0.3, -0.25) is 4.79 Å². The van der Waals surface area contributed by atoms with Gasteiger partial charge < -0.3 is 4.74 Å². The van der Waals surface area contributed by atoms with E-state index in [1.165, 1.54) is 0 Å². The number of carbonyl (C=O) groups is 1. The third kappa shape index (κ3) is 8.15. The molecule has 0 aliphatic carbocycles. The smallest absolute Gasteiger partial charge is 0.305 e. The minimum absolute atomic E-state index is 0.162. The van der Waals surface area contributed by atoms with Crippen LogP contribution in [0.3, 0.4) is 0 Å². The first-order valence-corrected chi connectivity index (χ1v) is 5.15. The van der Waals surface area contributed by atoms with Crippen LogP contribution in [0.25, 0.3) is 0 Å². The molecular formula is C8H14Cl2O2. The Morgan fingerprint density at radius 3 is 2.42 bits per heavy atom. The van der Waals surface area contributed by atoms with Gasteiger partial charge in [-0.15, -0.1) is 23.2 Å². The fourth-order valence-electron chi connectivity index (χ4n) is 0.765. The van der Waals surface area contributed by atoms with E-state index in [0.717, 1.165) is 19.3 Å². The highest BCUT2D eigenvalue weighted by atomic mass is 35.5. The molecule has 0 amide bonds. The van der Waals surface area contributed by atoms with Crippen molar-refractivity contribution in [1.29, 1.82) is 0 Å². The second-order valence-corrected chi connectivity index (χ2v) is 3.17. The van der Waals surface area contributed by atoms with Gasteiger partial charge in [0, 0.05) is 12.3 Å². The predicted molar refractivity (Wildman–Crippen MR) is 50.9 cm³/mol. The Morgan fingerprint density at radius 1 is 1.08 bits per heavy atom. The first kappa shape index (κ1) is 12.0. The number of unbranched alkanes of at least 4 members (excludes halogenated alkanes) is 2. The molecule has 0 rings (SSSR count).